The third-order valence-corrected chi connectivity index (χ3v) is 5.34. The first-order valence-electron chi connectivity index (χ1n) is 8.44. The van der Waals surface area contributed by atoms with Crippen molar-refractivity contribution in [1.82, 2.24) is 0 Å². The number of anilines is 1. The zero-order chi connectivity index (χ0) is 17.6. The molecule has 0 saturated heterocycles. The SMILES string of the molecule is COc1ccc(C2Nc3c(C)cc([N+](=O)[O-])cc3C3C=CCC32)cc1. The van der Waals surface area contributed by atoms with Crippen LogP contribution in [0.15, 0.2) is 48.6 Å². The monoisotopic (exact) mass is 336 g/mol. The number of fused-ring (bicyclic) bond motifs is 3. The summed E-state index contributed by atoms with van der Waals surface area (Å²) in [4.78, 5) is 10.9. The summed E-state index contributed by atoms with van der Waals surface area (Å²) in [5, 5.41) is 14.9. The molecule has 2 aliphatic rings. The van der Waals surface area contributed by atoms with E-state index in [4.69, 9.17) is 4.74 Å². The van der Waals surface area contributed by atoms with E-state index in [0.717, 1.165) is 29.0 Å². The van der Waals surface area contributed by atoms with Crippen LogP contribution in [0.1, 0.15) is 35.1 Å². The molecule has 25 heavy (non-hydrogen) atoms. The van der Waals surface area contributed by atoms with E-state index >= 15 is 0 Å². The minimum atomic E-state index is -0.309. The molecule has 1 aliphatic carbocycles. The molecule has 0 fully saturated rings. The predicted molar refractivity (Wildman–Crippen MR) is 97.2 cm³/mol. The molecular formula is C20H20N2O3. The summed E-state index contributed by atoms with van der Waals surface area (Å²) in [6, 6.07) is 11.7. The van der Waals surface area contributed by atoms with Crippen molar-refractivity contribution < 1.29 is 9.66 Å². The normalized spacial score (nSPS) is 23.5. The Bertz CT molecular complexity index is 858. The van der Waals surface area contributed by atoms with Gasteiger partial charge in [-0.05, 0) is 48.1 Å². The molecule has 1 heterocycles. The zero-order valence-electron chi connectivity index (χ0n) is 14.2. The highest BCUT2D eigenvalue weighted by atomic mass is 16.6. The number of methoxy groups -OCH3 is 1. The Morgan fingerprint density at radius 2 is 2.00 bits per heavy atom. The van der Waals surface area contributed by atoms with E-state index in [1.807, 2.05) is 19.1 Å². The molecule has 0 spiro atoms. The average Bonchev–Trinajstić information content (AvgIpc) is 3.11. The van der Waals surface area contributed by atoms with Gasteiger partial charge in [-0.15, -0.1) is 0 Å². The molecule has 1 aliphatic heterocycles. The molecule has 3 atom stereocenters. The zero-order valence-corrected chi connectivity index (χ0v) is 14.2. The first-order chi connectivity index (χ1) is 12.1. The molecule has 0 amide bonds. The summed E-state index contributed by atoms with van der Waals surface area (Å²) in [5.41, 5.74) is 4.36. The second-order valence-electron chi connectivity index (χ2n) is 6.73. The van der Waals surface area contributed by atoms with Gasteiger partial charge in [-0.25, -0.2) is 0 Å². The van der Waals surface area contributed by atoms with E-state index in [1.165, 1.54) is 5.56 Å². The minimum absolute atomic E-state index is 0.167. The van der Waals surface area contributed by atoms with Crippen molar-refractivity contribution in [2.75, 3.05) is 12.4 Å². The molecule has 2 aromatic carbocycles. The van der Waals surface area contributed by atoms with Crippen LogP contribution in [0.2, 0.25) is 0 Å². The number of nitro benzene ring substituents is 1. The number of hydrogen-bond acceptors (Lipinski definition) is 4. The van der Waals surface area contributed by atoms with E-state index < -0.39 is 0 Å². The van der Waals surface area contributed by atoms with E-state index in [9.17, 15) is 10.1 Å². The fourth-order valence-corrected chi connectivity index (χ4v) is 4.11. The molecule has 3 unspecified atom stereocenters. The number of benzene rings is 2. The van der Waals surface area contributed by atoms with Gasteiger partial charge in [0.15, 0.2) is 0 Å². The standard InChI is InChI=1S/C20H20N2O3/c1-12-10-14(22(23)24)11-18-16-4-3-5-17(16)20(21-19(12)18)13-6-8-15(25-2)9-7-13/h3-4,6-11,16-17,20-21H,5H2,1-2H3. The van der Waals surface area contributed by atoms with Gasteiger partial charge in [0.1, 0.15) is 5.75 Å². The van der Waals surface area contributed by atoms with E-state index in [2.05, 4.69) is 29.6 Å². The van der Waals surface area contributed by atoms with Gasteiger partial charge in [0.2, 0.25) is 0 Å². The molecule has 0 bridgehead atoms. The van der Waals surface area contributed by atoms with Gasteiger partial charge in [0.05, 0.1) is 18.1 Å². The van der Waals surface area contributed by atoms with Gasteiger partial charge >= 0.3 is 0 Å². The lowest BCUT2D eigenvalue weighted by molar-refractivity contribution is -0.385. The van der Waals surface area contributed by atoms with Gasteiger partial charge in [0, 0.05) is 23.7 Å². The number of nitro groups is 1. The van der Waals surface area contributed by atoms with E-state index in [0.29, 0.717) is 5.92 Å². The van der Waals surface area contributed by atoms with Crippen molar-refractivity contribution in [3.05, 3.63) is 75.4 Å². The quantitative estimate of drug-likeness (QED) is 0.499. The molecule has 0 aromatic heterocycles. The number of nitrogens with zero attached hydrogens (tertiary/aromatic N) is 1. The molecule has 1 N–H and O–H groups in total. The van der Waals surface area contributed by atoms with Gasteiger partial charge < -0.3 is 10.1 Å². The van der Waals surface area contributed by atoms with Crippen molar-refractivity contribution in [3.8, 4) is 5.75 Å². The van der Waals surface area contributed by atoms with Crippen LogP contribution in [-0.4, -0.2) is 12.0 Å². The molecule has 0 saturated carbocycles. The summed E-state index contributed by atoms with van der Waals surface area (Å²) in [5.74, 6) is 1.41. The number of hydrogen-bond donors (Lipinski definition) is 1. The molecular weight excluding hydrogens is 316 g/mol. The Morgan fingerprint density at radius 1 is 1.24 bits per heavy atom. The number of allylic oxidation sites excluding steroid dienone is 2. The first-order valence-corrected chi connectivity index (χ1v) is 8.44. The fraction of sp³-hybridized carbons (Fsp3) is 0.300. The number of nitrogens with one attached hydrogen (secondary N) is 1. The van der Waals surface area contributed by atoms with Crippen LogP contribution in [0.5, 0.6) is 5.75 Å². The van der Waals surface area contributed by atoms with Crippen molar-refractivity contribution in [2.45, 2.75) is 25.3 Å². The summed E-state index contributed by atoms with van der Waals surface area (Å²) in [6.45, 7) is 1.93. The topological polar surface area (TPSA) is 64.4 Å². The number of ether oxygens (including phenoxy) is 1. The maximum Gasteiger partial charge on any atom is 0.270 e. The molecule has 5 nitrogen and oxygen atoms in total. The van der Waals surface area contributed by atoms with Crippen molar-refractivity contribution in [1.29, 1.82) is 0 Å². The third-order valence-electron chi connectivity index (χ3n) is 5.34. The van der Waals surface area contributed by atoms with Crippen LogP contribution in [-0.2, 0) is 0 Å². The lowest BCUT2D eigenvalue weighted by atomic mass is 9.76. The average molecular weight is 336 g/mol. The Balaban J connectivity index is 1.78. The van der Waals surface area contributed by atoms with E-state index in [1.54, 1.807) is 19.2 Å². The molecule has 5 heteroatoms. The number of aryl methyl sites for hydroxylation is 1. The Kier molecular flexibility index (Phi) is 3.71. The highest BCUT2D eigenvalue weighted by Crippen LogP contribution is 2.51. The lowest BCUT2D eigenvalue weighted by Gasteiger charge is -2.38. The summed E-state index contributed by atoms with van der Waals surface area (Å²) in [6.07, 6.45) is 5.36. The highest BCUT2D eigenvalue weighted by molar-refractivity contribution is 5.67. The van der Waals surface area contributed by atoms with Crippen molar-refractivity contribution in [3.63, 3.8) is 0 Å². The van der Waals surface area contributed by atoms with Crippen LogP contribution in [0.4, 0.5) is 11.4 Å². The fourth-order valence-electron chi connectivity index (χ4n) is 4.11. The summed E-state index contributed by atoms with van der Waals surface area (Å²) in [7, 11) is 1.66. The van der Waals surface area contributed by atoms with Gasteiger partial charge in [-0.3, -0.25) is 10.1 Å². The van der Waals surface area contributed by atoms with Gasteiger partial charge in [0.25, 0.3) is 5.69 Å². The lowest BCUT2D eigenvalue weighted by Crippen LogP contribution is -2.29. The van der Waals surface area contributed by atoms with Gasteiger partial charge in [-0.1, -0.05) is 24.3 Å². The van der Waals surface area contributed by atoms with Gasteiger partial charge in [-0.2, -0.15) is 0 Å². The Morgan fingerprint density at radius 3 is 2.68 bits per heavy atom. The van der Waals surface area contributed by atoms with Crippen LogP contribution < -0.4 is 10.1 Å². The van der Waals surface area contributed by atoms with E-state index in [-0.39, 0.29) is 22.6 Å². The Hall–Kier alpha value is -2.82. The van der Waals surface area contributed by atoms with Crippen LogP contribution in [0.25, 0.3) is 0 Å². The van der Waals surface area contributed by atoms with Crippen LogP contribution >= 0.6 is 0 Å². The largest absolute Gasteiger partial charge is 0.497 e. The Labute approximate surface area is 146 Å². The third kappa shape index (κ3) is 2.56. The maximum absolute atomic E-state index is 11.2. The number of non-ortho nitro benzene ring substituents is 1. The second-order valence-corrected chi connectivity index (χ2v) is 6.73. The summed E-state index contributed by atoms with van der Waals surface area (Å²) >= 11 is 0. The maximum atomic E-state index is 11.2. The van der Waals surface area contributed by atoms with Crippen LogP contribution in [0, 0.1) is 23.0 Å². The second kappa shape index (κ2) is 5.92. The molecule has 2 aromatic rings. The number of rotatable bonds is 3. The highest BCUT2D eigenvalue weighted by Gasteiger charge is 2.39. The molecule has 128 valence electrons. The van der Waals surface area contributed by atoms with Crippen molar-refractivity contribution in [2.24, 2.45) is 5.92 Å². The predicted octanol–water partition coefficient (Wildman–Crippen LogP) is 4.74. The molecule has 0 radical (unpaired) electrons. The smallest absolute Gasteiger partial charge is 0.270 e. The minimum Gasteiger partial charge on any atom is -0.497 e. The summed E-state index contributed by atoms with van der Waals surface area (Å²) < 4.78 is 5.26. The molecule has 4 rings (SSSR count). The van der Waals surface area contributed by atoms with Crippen molar-refractivity contribution >= 4 is 11.4 Å². The van der Waals surface area contributed by atoms with Crippen LogP contribution in [0.3, 0.4) is 0 Å². The first kappa shape index (κ1) is 15.7.